The van der Waals surface area contributed by atoms with E-state index < -0.39 is 60.9 Å². The largest absolute Gasteiger partial charge is 0.481 e. The van der Waals surface area contributed by atoms with Crippen LogP contribution in [0.1, 0.15) is 49.2 Å². The number of amides is 1. The first-order chi connectivity index (χ1) is 19.0. The first-order valence-corrected chi connectivity index (χ1v) is 14.2. The second-order valence-corrected chi connectivity index (χ2v) is 11.3. The number of benzene rings is 1. The number of alkyl halides is 2. The summed E-state index contributed by atoms with van der Waals surface area (Å²) in [7, 11) is 0. The number of nitrogens with zero attached hydrogens (tertiary/aromatic N) is 3. The number of thiazole rings is 1. The highest BCUT2D eigenvalue weighted by Gasteiger charge is 2.46. The highest BCUT2D eigenvalue weighted by molar-refractivity contribution is 9.10. The highest BCUT2D eigenvalue weighted by atomic mass is 79.9. The molecule has 1 aromatic carbocycles. The molecule has 0 unspecified atom stereocenters. The maximum atomic E-state index is 14.6. The molecule has 14 heteroatoms. The van der Waals surface area contributed by atoms with Crippen LogP contribution >= 0.6 is 27.3 Å². The summed E-state index contributed by atoms with van der Waals surface area (Å²) in [5.74, 6) is -5.47. The number of carbonyl (C=O) groups is 3. The van der Waals surface area contributed by atoms with Crippen molar-refractivity contribution >= 4 is 50.8 Å². The molecule has 0 saturated carbocycles. The summed E-state index contributed by atoms with van der Waals surface area (Å²) in [5.41, 5.74) is 1.01. The van der Waals surface area contributed by atoms with E-state index in [1.54, 1.807) is 18.5 Å². The van der Waals surface area contributed by atoms with Gasteiger partial charge in [0, 0.05) is 53.7 Å². The molecule has 0 bridgehead atoms. The minimum absolute atomic E-state index is 0.0475. The highest BCUT2D eigenvalue weighted by Crippen LogP contribution is 2.39. The lowest BCUT2D eigenvalue weighted by Crippen LogP contribution is -2.43. The van der Waals surface area contributed by atoms with Crippen LogP contribution < -0.4 is 10.6 Å². The smallest absolute Gasteiger partial charge is 0.310 e. The molecule has 0 aliphatic carbocycles. The Balaban J connectivity index is 1.74. The summed E-state index contributed by atoms with van der Waals surface area (Å²) in [4.78, 5) is 46.8. The Kier molecular flexibility index (Phi) is 9.41. The maximum absolute atomic E-state index is 14.6. The van der Waals surface area contributed by atoms with Gasteiger partial charge in [0.15, 0.2) is 10.8 Å². The van der Waals surface area contributed by atoms with Gasteiger partial charge >= 0.3 is 5.97 Å². The first kappa shape index (κ1) is 29.9. The summed E-state index contributed by atoms with van der Waals surface area (Å²) in [6, 6.07) is 2.39. The number of hydrogen-bond donors (Lipinski definition) is 3. The topological polar surface area (TPSA) is 124 Å². The molecule has 3 N–H and O–H groups in total. The third kappa shape index (κ3) is 7.15. The zero-order valence-corrected chi connectivity index (χ0v) is 23.8. The molecule has 214 valence electrons. The van der Waals surface area contributed by atoms with E-state index in [-0.39, 0.29) is 25.0 Å². The number of aliphatic imine (C=N–C) groups is 1. The SMILES string of the molecule is CCNC(=O)C1=C(CN2CC(F)(F)C[C@H]2CCC(=O)CC(=O)O)NC(c2nccs2)=N[C@H]1c1ccc(F)cc1Br. The molecule has 1 fully saturated rings. The number of carboxylic acid groups (broad SMARTS) is 1. The quantitative estimate of drug-likeness (QED) is 0.316. The molecule has 0 radical (unpaired) electrons. The van der Waals surface area contributed by atoms with E-state index >= 15 is 0 Å². The molecular weight excluding hydrogens is 615 g/mol. The van der Waals surface area contributed by atoms with Crippen LogP contribution in [0.25, 0.3) is 0 Å². The number of amidine groups is 1. The number of nitrogens with one attached hydrogen (secondary N) is 2. The molecule has 9 nitrogen and oxygen atoms in total. The zero-order chi connectivity index (χ0) is 29.0. The molecule has 40 heavy (non-hydrogen) atoms. The van der Waals surface area contributed by atoms with Gasteiger partial charge in [-0.1, -0.05) is 22.0 Å². The Labute approximate surface area is 240 Å². The average Bonchev–Trinajstić information content (AvgIpc) is 3.50. The summed E-state index contributed by atoms with van der Waals surface area (Å²) in [6.45, 7) is 1.34. The standard InChI is InChI=1S/C26H27BrF3N5O4S/c1-2-31-24(39)21-19(12-35-13-26(29,30)11-15(35)4-5-16(36)10-20(37)38)33-23(25-32-7-8-40-25)34-22(21)17-6-3-14(28)9-18(17)27/h3,6-9,15,22H,2,4-5,10-13H2,1H3,(H,31,39)(H,33,34)(H,37,38)/t15-,22+/m1/s1. The molecule has 2 aliphatic heterocycles. The van der Waals surface area contributed by atoms with E-state index in [0.29, 0.717) is 33.1 Å². The van der Waals surface area contributed by atoms with Crippen molar-refractivity contribution in [1.29, 1.82) is 0 Å². The second-order valence-electron chi connectivity index (χ2n) is 9.53. The van der Waals surface area contributed by atoms with Crippen molar-refractivity contribution in [3.63, 3.8) is 0 Å². The lowest BCUT2D eigenvalue weighted by atomic mass is 9.94. The fourth-order valence-corrected chi connectivity index (χ4v) is 6.02. The van der Waals surface area contributed by atoms with Gasteiger partial charge in [0.05, 0.1) is 12.1 Å². The van der Waals surface area contributed by atoms with Crippen molar-refractivity contribution in [2.75, 3.05) is 19.6 Å². The van der Waals surface area contributed by atoms with Gasteiger partial charge in [-0.05, 0) is 31.0 Å². The zero-order valence-electron chi connectivity index (χ0n) is 21.4. The Morgan fingerprint density at radius 2 is 2.10 bits per heavy atom. The molecule has 1 amide bonds. The lowest BCUT2D eigenvalue weighted by Gasteiger charge is -2.32. The molecule has 0 spiro atoms. The van der Waals surface area contributed by atoms with Crippen LogP contribution in [-0.2, 0) is 14.4 Å². The van der Waals surface area contributed by atoms with Gasteiger partial charge in [-0.15, -0.1) is 11.3 Å². The Morgan fingerprint density at radius 1 is 1.32 bits per heavy atom. The van der Waals surface area contributed by atoms with Crippen LogP contribution in [0.2, 0.25) is 0 Å². The number of likely N-dealkylation sites (N-methyl/N-ethyl adjacent to an activating group) is 1. The summed E-state index contributed by atoms with van der Waals surface area (Å²) in [5, 5.41) is 17.0. The number of carboxylic acids is 1. The molecule has 4 rings (SSSR count). The first-order valence-electron chi connectivity index (χ1n) is 12.5. The van der Waals surface area contributed by atoms with E-state index in [4.69, 9.17) is 10.1 Å². The van der Waals surface area contributed by atoms with E-state index in [0.717, 1.165) is 0 Å². The van der Waals surface area contributed by atoms with Crippen molar-refractivity contribution in [3.05, 3.63) is 61.9 Å². The van der Waals surface area contributed by atoms with Crippen LogP contribution in [-0.4, -0.2) is 70.1 Å². The van der Waals surface area contributed by atoms with Gasteiger partial charge in [-0.2, -0.15) is 0 Å². The third-order valence-electron chi connectivity index (χ3n) is 6.55. The van der Waals surface area contributed by atoms with Gasteiger partial charge in [-0.3, -0.25) is 24.3 Å². The predicted octanol–water partition coefficient (Wildman–Crippen LogP) is 4.06. The summed E-state index contributed by atoms with van der Waals surface area (Å²) < 4.78 is 43.6. The fraction of sp³-hybridized carbons (Fsp3) is 0.423. The number of Topliss-reactive ketones (excluding diaryl/α,β-unsaturated/α-hetero) is 1. The van der Waals surface area contributed by atoms with E-state index in [1.165, 1.54) is 34.4 Å². The van der Waals surface area contributed by atoms with E-state index in [1.807, 2.05) is 0 Å². The Bertz CT molecular complexity index is 1350. The number of ketones is 1. The number of halogens is 4. The Morgan fingerprint density at radius 3 is 2.75 bits per heavy atom. The number of rotatable bonds is 11. The van der Waals surface area contributed by atoms with E-state index in [2.05, 4.69) is 31.5 Å². The molecule has 1 aromatic heterocycles. The molecule has 2 atom stereocenters. The number of aliphatic carboxylic acids is 1. The van der Waals surface area contributed by atoms with Crippen molar-refractivity contribution in [3.8, 4) is 0 Å². The number of carbonyl (C=O) groups excluding carboxylic acids is 2. The van der Waals surface area contributed by atoms with Gasteiger partial charge in [-0.25, -0.2) is 18.2 Å². The predicted molar refractivity (Wildman–Crippen MR) is 146 cm³/mol. The second kappa shape index (κ2) is 12.6. The molecule has 1 saturated heterocycles. The molecule has 2 aromatic rings. The summed E-state index contributed by atoms with van der Waals surface area (Å²) >= 11 is 4.67. The number of hydrogen-bond acceptors (Lipinski definition) is 8. The van der Waals surface area contributed by atoms with Crippen LogP contribution in [0.5, 0.6) is 0 Å². The minimum Gasteiger partial charge on any atom is -0.481 e. The van der Waals surface area contributed by atoms with Crippen LogP contribution in [0.4, 0.5) is 13.2 Å². The van der Waals surface area contributed by atoms with Crippen LogP contribution in [0.15, 0.2) is 50.5 Å². The van der Waals surface area contributed by atoms with Gasteiger partial charge in [0.25, 0.3) is 11.8 Å². The Hall–Kier alpha value is -3.10. The van der Waals surface area contributed by atoms with Crippen molar-refractivity contribution in [1.82, 2.24) is 20.5 Å². The normalized spacial score (nSPS) is 20.7. The monoisotopic (exact) mass is 641 g/mol. The van der Waals surface area contributed by atoms with Crippen molar-refractivity contribution in [2.24, 2.45) is 4.99 Å². The number of aromatic nitrogens is 1. The maximum Gasteiger partial charge on any atom is 0.310 e. The molecule has 2 aliphatic rings. The average molecular weight is 642 g/mol. The van der Waals surface area contributed by atoms with Crippen LogP contribution in [0.3, 0.4) is 0 Å². The fourth-order valence-electron chi connectivity index (χ4n) is 4.86. The lowest BCUT2D eigenvalue weighted by molar-refractivity contribution is -0.140. The van der Waals surface area contributed by atoms with Crippen LogP contribution in [0, 0.1) is 5.82 Å². The van der Waals surface area contributed by atoms with Gasteiger partial charge in [0.2, 0.25) is 0 Å². The van der Waals surface area contributed by atoms with Crippen molar-refractivity contribution < 1.29 is 32.7 Å². The summed E-state index contributed by atoms with van der Waals surface area (Å²) in [6.07, 6.45) is 0.305. The molecule has 3 heterocycles. The number of likely N-dealkylation sites (tertiary alicyclic amines) is 1. The minimum atomic E-state index is -3.03. The molecular formula is C26H27BrF3N5O4S. The third-order valence-corrected chi connectivity index (χ3v) is 8.02. The van der Waals surface area contributed by atoms with Gasteiger partial charge in [0.1, 0.15) is 24.1 Å². The van der Waals surface area contributed by atoms with Crippen molar-refractivity contribution in [2.45, 2.75) is 50.6 Å². The van der Waals surface area contributed by atoms with E-state index in [9.17, 15) is 27.6 Å². The van der Waals surface area contributed by atoms with Gasteiger partial charge < -0.3 is 15.7 Å².